The summed E-state index contributed by atoms with van der Waals surface area (Å²) in [7, 11) is 0. The largest absolute Gasteiger partial charge is 0.350 e. The normalized spacial score (nSPS) is 17.7. The Morgan fingerprint density at radius 1 is 1.35 bits per heavy atom. The standard InChI is InChI=1S/C15H15N5OS2/c21-14(10-3-4-12-13(8-10)19-23-18-12)17-9-11-2-1-6-20(11)15-16-5-7-22-15/h3-5,7-8,11H,1-2,6,9H2,(H,17,21)/t11-/m1/s1. The van der Waals surface area contributed by atoms with Gasteiger partial charge in [0.05, 0.1) is 11.7 Å². The van der Waals surface area contributed by atoms with Gasteiger partial charge in [-0.15, -0.1) is 11.3 Å². The van der Waals surface area contributed by atoms with E-state index in [1.54, 1.807) is 23.5 Å². The van der Waals surface area contributed by atoms with E-state index in [0.717, 1.165) is 47.3 Å². The molecule has 118 valence electrons. The van der Waals surface area contributed by atoms with Crippen LogP contribution in [0.4, 0.5) is 5.13 Å². The van der Waals surface area contributed by atoms with Gasteiger partial charge in [0.1, 0.15) is 11.0 Å². The van der Waals surface area contributed by atoms with Crippen LogP contribution < -0.4 is 10.2 Å². The van der Waals surface area contributed by atoms with E-state index in [1.807, 2.05) is 17.6 Å². The summed E-state index contributed by atoms with van der Waals surface area (Å²) in [6, 6.07) is 5.74. The van der Waals surface area contributed by atoms with E-state index in [2.05, 4.69) is 23.9 Å². The second-order valence-corrected chi connectivity index (χ2v) is 6.88. The van der Waals surface area contributed by atoms with E-state index >= 15 is 0 Å². The molecule has 3 heterocycles. The van der Waals surface area contributed by atoms with E-state index in [0.29, 0.717) is 18.2 Å². The maximum absolute atomic E-state index is 12.4. The van der Waals surface area contributed by atoms with Gasteiger partial charge in [-0.25, -0.2) is 4.98 Å². The fourth-order valence-electron chi connectivity index (χ4n) is 2.89. The van der Waals surface area contributed by atoms with Crippen molar-refractivity contribution in [1.82, 2.24) is 19.0 Å². The van der Waals surface area contributed by atoms with Crippen molar-refractivity contribution in [3.05, 3.63) is 35.3 Å². The lowest BCUT2D eigenvalue weighted by atomic mass is 10.1. The molecule has 1 N–H and O–H groups in total. The summed E-state index contributed by atoms with van der Waals surface area (Å²) in [4.78, 5) is 19.0. The molecule has 0 bridgehead atoms. The maximum Gasteiger partial charge on any atom is 0.251 e. The molecule has 1 aliphatic rings. The van der Waals surface area contributed by atoms with Crippen molar-refractivity contribution in [2.24, 2.45) is 0 Å². The first-order chi connectivity index (χ1) is 11.3. The Bertz CT molecular complexity index is 816. The minimum absolute atomic E-state index is 0.0640. The third-order valence-corrected chi connectivity index (χ3v) is 5.42. The molecule has 0 radical (unpaired) electrons. The van der Waals surface area contributed by atoms with Crippen LogP contribution in [-0.4, -0.2) is 38.8 Å². The summed E-state index contributed by atoms with van der Waals surface area (Å²) < 4.78 is 8.33. The average Bonchev–Trinajstić information content (AvgIpc) is 3.31. The van der Waals surface area contributed by atoms with E-state index < -0.39 is 0 Å². The van der Waals surface area contributed by atoms with Crippen LogP contribution in [0.15, 0.2) is 29.8 Å². The van der Waals surface area contributed by atoms with Gasteiger partial charge in [0.25, 0.3) is 5.91 Å². The van der Waals surface area contributed by atoms with Crippen molar-refractivity contribution in [1.29, 1.82) is 0 Å². The predicted molar refractivity (Wildman–Crippen MR) is 92.2 cm³/mol. The molecule has 0 saturated carbocycles. The zero-order chi connectivity index (χ0) is 15.6. The molecule has 0 spiro atoms. The SMILES string of the molecule is O=C(NC[C@H]1CCCN1c1nccs1)c1ccc2nsnc2c1. The first kappa shape index (κ1) is 14.5. The molecule has 1 aliphatic heterocycles. The highest BCUT2D eigenvalue weighted by molar-refractivity contribution is 7.13. The van der Waals surface area contributed by atoms with Gasteiger partial charge in [-0.3, -0.25) is 4.79 Å². The lowest BCUT2D eigenvalue weighted by Crippen LogP contribution is -2.40. The van der Waals surface area contributed by atoms with Crippen LogP contribution in [0, 0.1) is 0 Å². The van der Waals surface area contributed by atoms with Crippen LogP contribution in [0.2, 0.25) is 0 Å². The third kappa shape index (κ3) is 2.91. The molecular weight excluding hydrogens is 330 g/mol. The fraction of sp³-hybridized carbons (Fsp3) is 0.333. The summed E-state index contributed by atoms with van der Waals surface area (Å²) in [6.07, 6.45) is 4.04. The van der Waals surface area contributed by atoms with Crippen LogP contribution in [0.25, 0.3) is 11.0 Å². The van der Waals surface area contributed by atoms with Gasteiger partial charge < -0.3 is 10.2 Å². The summed E-state index contributed by atoms with van der Waals surface area (Å²) in [6.45, 7) is 1.64. The van der Waals surface area contributed by atoms with E-state index in [1.165, 1.54) is 0 Å². The van der Waals surface area contributed by atoms with Gasteiger partial charge in [0.15, 0.2) is 5.13 Å². The summed E-state index contributed by atoms with van der Waals surface area (Å²) in [5.41, 5.74) is 2.23. The fourth-order valence-corrected chi connectivity index (χ4v) is 4.15. The van der Waals surface area contributed by atoms with Crippen LogP contribution in [0.3, 0.4) is 0 Å². The summed E-state index contributed by atoms with van der Waals surface area (Å²) in [5.74, 6) is -0.0640. The molecule has 8 heteroatoms. The van der Waals surface area contributed by atoms with Gasteiger partial charge in [-0.1, -0.05) is 0 Å². The van der Waals surface area contributed by atoms with Crippen molar-refractivity contribution >= 4 is 45.1 Å². The van der Waals surface area contributed by atoms with Gasteiger partial charge in [0, 0.05) is 36.3 Å². The zero-order valence-electron chi connectivity index (χ0n) is 12.3. The topological polar surface area (TPSA) is 71.0 Å². The number of carbonyl (C=O) groups is 1. The monoisotopic (exact) mass is 345 g/mol. The predicted octanol–water partition coefficient (Wildman–Crippen LogP) is 2.55. The average molecular weight is 345 g/mol. The van der Waals surface area contributed by atoms with Crippen molar-refractivity contribution in [3.63, 3.8) is 0 Å². The van der Waals surface area contributed by atoms with Gasteiger partial charge in [0.2, 0.25) is 0 Å². The number of hydrogen-bond acceptors (Lipinski definition) is 7. The number of carbonyl (C=O) groups excluding carboxylic acids is 1. The second kappa shape index (κ2) is 6.21. The van der Waals surface area contributed by atoms with Gasteiger partial charge >= 0.3 is 0 Å². The van der Waals surface area contributed by atoms with Crippen LogP contribution >= 0.6 is 23.1 Å². The molecule has 1 aromatic carbocycles. The van der Waals surface area contributed by atoms with E-state index in [-0.39, 0.29) is 5.91 Å². The Hall–Kier alpha value is -2.06. The minimum atomic E-state index is -0.0640. The first-order valence-electron chi connectivity index (χ1n) is 7.48. The number of fused-ring (bicyclic) bond motifs is 1. The van der Waals surface area contributed by atoms with Crippen molar-refractivity contribution in [2.75, 3.05) is 18.0 Å². The lowest BCUT2D eigenvalue weighted by molar-refractivity contribution is 0.0951. The minimum Gasteiger partial charge on any atom is -0.350 e. The highest BCUT2D eigenvalue weighted by atomic mass is 32.1. The maximum atomic E-state index is 12.4. The van der Waals surface area contributed by atoms with Crippen LogP contribution in [0.5, 0.6) is 0 Å². The Morgan fingerprint density at radius 3 is 3.13 bits per heavy atom. The number of benzene rings is 1. The number of hydrogen-bond donors (Lipinski definition) is 1. The number of nitrogens with one attached hydrogen (secondary N) is 1. The Morgan fingerprint density at radius 2 is 2.26 bits per heavy atom. The third-order valence-electron chi connectivity index (χ3n) is 4.06. The zero-order valence-corrected chi connectivity index (χ0v) is 13.9. The summed E-state index contributed by atoms with van der Waals surface area (Å²) >= 11 is 2.81. The molecule has 1 saturated heterocycles. The molecule has 3 aromatic rings. The summed E-state index contributed by atoms with van der Waals surface area (Å²) in [5, 5.41) is 6.07. The number of rotatable bonds is 4. The first-order valence-corrected chi connectivity index (χ1v) is 9.09. The molecule has 1 amide bonds. The van der Waals surface area contributed by atoms with E-state index in [9.17, 15) is 4.79 Å². The Balaban J connectivity index is 1.42. The lowest BCUT2D eigenvalue weighted by Gasteiger charge is -2.24. The number of nitrogens with zero attached hydrogens (tertiary/aromatic N) is 4. The van der Waals surface area contributed by atoms with Crippen molar-refractivity contribution < 1.29 is 4.79 Å². The Kier molecular flexibility index (Phi) is 3.92. The second-order valence-electron chi connectivity index (χ2n) is 5.48. The number of amides is 1. The van der Waals surface area contributed by atoms with Crippen LogP contribution in [0.1, 0.15) is 23.2 Å². The molecule has 2 aromatic heterocycles. The highest BCUT2D eigenvalue weighted by Crippen LogP contribution is 2.26. The van der Waals surface area contributed by atoms with Gasteiger partial charge in [-0.2, -0.15) is 8.75 Å². The molecule has 23 heavy (non-hydrogen) atoms. The van der Waals surface area contributed by atoms with Crippen molar-refractivity contribution in [2.45, 2.75) is 18.9 Å². The molecule has 0 aliphatic carbocycles. The highest BCUT2D eigenvalue weighted by Gasteiger charge is 2.26. The Labute approximate surface area is 141 Å². The molecule has 0 unspecified atom stereocenters. The smallest absolute Gasteiger partial charge is 0.251 e. The molecule has 6 nitrogen and oxygen atoms in total. The number of thiazole rings is 1. The molecule has 1 fully saturated rings. The molecule has 4 rings (SSSR count). The van der Waals surface area contributed by atoms with E-state index in [4.69, 9.17) is 0 Å². The van der Waals surface area contributed by atoms with Crippen molar-refractivity contribution in [3.8, 4) is 0 Å². The molecule has 1 atom stereocenters. The quantitative estimate of drug-likeness (QED) is 0.787. The number of aromatic nitrogens is 3. The molecular formula is C15H15N5OS2. The van der Waals surface area contributed by atoms with Crippen LogP contribution in [-0.2, 0) is 0 Å². The number of anilines is 1. The van der Waals surface area contributed by atoms with Gasteiger partial charge in [-0.05, 0) is 31.0 Å².